The van der Waals surface area contributed by atoms with Gasteiger partial charge in [-0.1, -0.05) is 0 Å². The number of aromatic amines is 1. The maximum Gasteiger partial charge on any atom is 0.341 e. The van der Waals surface area contributed by atoms with E-state index in [1.807, 2.05) is 0 Å². The second-order valence-corrected chi connectivity index (χ2v) is 10.7. The van der Waals surface area contributed by atoms with E-state index in [0.717, 1.165) is 22.5 Å². The number of sulfone groups is 1. The molecule has 3 heterocycles. The van der Waals surface area contributed by atoms with E-state index in [9.17, 15) is 22.4 Å². The zero-order valence-electron chi connectivity index (χ0n) is 17.0. The molecule has 4 rings (SSSR count). The number of esters is 1. The normalized spacial score (nSPS) is 14.9. The fraction of sp³-hybridized carbons (Fsp3) is 0.333. The van der Waals surface area contributed by atoms with Crippen molar-refractivity contribution in [3.05, 3.63) is 51.3 Å². The average molecular weight is 465 g/mol. The second kappa shape index (κ2) is 8.08. The van der Waals surface area contributed by atoms with Crippen LogP contribution in [0.2, 0.25) is 0 Å². The van der Waals surface area contributed by atoms with Crippen LogP contribution in [-0.2, 0) is 38.0 Å². The Morgan fingerprint density at radius 3 is 2.84 bits per heavy atom. The number of fused-ring (bicyclic) bond motifs is 2. The summed E-state index contributed by atoms with van der Waals surface area (Å²) in [5.74, 6) is -1.57. The van der Waals surface area contributed by atoms with Gasteiger partial charge in [0.15, 0.2) is 9.84 Å². The summed E-state index contributed by atoms with van der Waals surface area (Å²) in [4.78, 5) is 29.1. The Balaban J connectivity index is 1.66. The number of benzene rings is 1. The van der Waals surface area contributed by atoms with Crippen molar-refractivity contribution < 1.29 is 27.1 Å². The van der Waals surface area contributed by atoms with Gasteiger partial charge in [0.05, 0.1) is 30.1 Å². The molecule has 0 bridgehead atoms. The van der Waals surface area contributed by atoms with Crippen LogP contribution in [0.3, 0.4) is 0 Å². The smallest absolute Gasteiger partial charge is 0.341 e. The van der Waals surface area contributed by atoms with Crippen LogP contribution < -0.4 is 5.32 Å². The van der Waals surface area contributed by atoms with Crippen LogP contribution in [0.5, 0.6) is 0 Å². The lowest BCUT2D eigenvalue weighted by atomic mass is 10.1. The van der Waals surface area contributed by atoms with Crippen molar-refractivity contribution in [3.63, 3.8) is 0 Å². The number of carbonyl (C=O) groups excluding carboxylic acids is 2. The van der Waals surface area contributed by atoms with Gasteiger partial charge in [0.25, 0.3) is 0 Å². The van der Waals surface area contributed by atoms with E-state index in [2.05, 4.69) is 10.3 Å². The molecule has 1 aliphatic rings. The molecule has 164 valence electrons. The lowest BCUT2D eigenvalue weighted by molar-refractivity contribution is -0.115. The molecule has 0 atom stereocenters. The monoisotopic (exact) mass is 464 g/mol. The minimum atomic E-state index is -3.24. The summed E-state index contributed by atoms with van der Waals surface area (Å²) in [6.07, 6.45) is 0.178. The lowest BCUT2D eigenvalue weighted by Gasteiger charge is -2.13. The number of halogens is 1. The highest BCUT2D eigenvalue weighted by molar-refractivity contribution is 7.90. The molecule has 0 fully saturated rings. The van der Waals surface area contributed by atoms with Gasteiger partial charge in [-0.3, -0.25) is 4.79 Å². The van der Waals surface area contributed by atoms with E-state index in [-0.39, 0.29) is 47.4 Å². The Morgan fingerprint density at radius 1 is 1.32 bits per heavy atom. The Bertz CT molecular complexity index is 1310. The molecule has 7 nitrogen and oxygen atoms in total. The maximum absolute atomic E-state index is 13.7. The van der Waals surface area contributed by atoms with Crippen molar-refractivity contribution in [2.24, 2.45) is 0 Å². The highest BCUT2D eigenvalue weighted by Crippen LogP contribution is 2.38. The van der Waals surface area contributed by atoms with Crippen molar-refractivity contribution in [2.45, 2.75) is 32.4 Å². The van der Waals surface area contributed by atoms with E-state index in [0.29, 0.717) is 21.4 Å². The molecular formula is C21H21FN2O5S2. The number of aromatic nitrogens is 1. The first-order valence-electron chi connectivity index (χ1n) is 9.77. The Kier molecular flexibility index (Phi) is 5.61. The van der Waals surface area contributed by atoms with Gasteiger partial charge in [-0.05, 0) is 49.6 Å². The van der Waals surface area contributed by atoms with E-state index < -0.39 is 21.6 Å². The van der Waals surface area contributed by atoms with E-state index in [1.54, 1.807) is 19.9 Å². The number of rotatable bonds is 5. The van der Waals surface area contributed by atoms with E-state index >= 15 is 0 Å². The summed E-state index contributed by atoms with van der Waals surface area (Å²) < 4.78 is 42.9. The second-order valence-electron chi connectivity index (χ2n) is 7.41. The number of amides is 1. The third-order valence-electron chi connectivity index (χ3n) is 5.26. The lowest BCUT2D eigenvalue weighted by Crippen LogP contribution is -2.20. The van der Waals surface area contributed by atoms with Gasteiger partial charge in [-0.2, -0.15) is 0 Å². The fourth-order valence-electron chi connectivity index (χ4n) is 3.84. The van der Waals surface area contributed by atoms with Crippen molar-refractivity contribution >= 4 is 49.0 Å². The molecule has 0 saturated carbocycles. The Morgan fingerprint density at radius 2 is 2.10 bits per heavy atom. The van der Waals surface area contributed by atoms with Crippen LogP contribution >= 0.6 is 11.3 Å². The molecule has 31 heavy (non-hydrogen) atoms. The van der Waals surface area contributed by atoms with Gasteiger partial charge in [0.2, 0.25) is 5.91 Å². The molecule has 1 amide bonds. The third-order valence-corrected chi connectivity index (χ3v) is 8.14. The molecule has 0 radical (unpaired) electrons. The summed E-state index contributed by atoms with van der Waals surface area (Å²) in [6, 6.07) is 4.34. The van der Waals surface area contributed by atoms with Crippen molar-refractivity contribution in [1.82, 2.24) is 4.98 Å². The predicted octanol–water partition coefficient (Wildman–Crippen LogP) is 3.51. The summed E-state index contributed by atoms with van der Waals surface area (Å²) >= 11 is 1.09. The topological polar surface area (TPSA) is 105 Å². The fourth-order valence-corrected chi connectivity index (χ4v) is 6.90. The molecule has 0 unspecified atom stereocenters. The number of hydrogen-bond donors (Lipinski definition) is 2. The zero-order chi connectivity index (χ0) is 22.3. The number of anilines is 1. The molecule has 10 heteroatoms. The quantitative estimate of drug-likeness (QED) is 0.562. The van der Waals surface area contributed by atoms with Gasteiger partial charge < -0.3 is 15.0 Å². The van der Waals surface area contributed by atoms with E-state index in [1.165, 1.54) is 12.1 Å². The van der Waals surface area contributed by atoms with Crippen LogP contribution in [-0.4, -0.2) is 37.6 Å². The van der Waals surface area contributed by atoms with Gasteiger partial charge in [-0.15, -0.1) is 11.3 Å². The van der Waals surface area contributed by atoms with Gasteiger partial charge in [-0.25, -0.2) is 17.6 Å². The first-order chi connectivity index (χ1) is 14.7. The Labute approximate surface area is 182 Å². The van der Waals surface area contributed by atoms with Crippen molar-refractivity contribution in [1.29, 1.82) is 0 Å². The minimum Gasteiger partial charge on any atom is -0.462 e. The molecule has 0 saturated heterocycles. The first-order valence-corrected chi connectivity index (χ1v) is 12.4. The highest BCUT2D eigenvalue weighted by atomic mass is 32.2. The molecule has 0 aliphatic carbocycles. The molecule has 3 aromatic rings. The van der Waals surface area contributed by atoms with Crippen LogP contribution in [0.1, 0.15) is 39.0 Å². The highest BCUT2D eigenvalue weighted by Gasteiger charge is 2.32. The number of H-pyrrole nitrogens is 1. The molecule has 0 spiro atoms. The van der Waals surface area contributed by atoms with Crippen molar-refractivity contribution in [3.8, 4) is 0 Å². The number of aryl methyl sites for hydroxylation is 1. The minimum absolute atomic E-state index is 0.0293. The molecule has 1 aromatic carbocycles. The Hall–Kier alpha value is -2.72. The summed E-state index contributed by atoms with van der Waals surface area (Å²) in [5, 5.41) is 3.66. The number of ether oxygens (including phenoxy) is 1. The van der Waals surface area contributed by atoms with Crippen molar-refractivity contribution in [2.75, 3.05) is 17.7 Å². The van der Waals surface area contributed by atoms with Crippen LogP contribution in [0.4, 0.5) is 9.39 Å². The number of carbonyl (C=O) groups is 2. The SMILES string of the molecule is CCOC(=O)c1c(NC(=O)Cc2c(C)[nH]c3ccc(F)cc23)sc2c1CCS(=O)(=O)C2. The molecular weight excluding hydrogens is 443 g/mol. The van der Waals surface area contributed by atoms with E-state index in [4.69, 9.17) is 4.74 Å². The zero-order valence-corrected chi connectivity index (χ0v) is 18.6. The molecule has 2 N–H and O–H groups in total. The number of hydrogen-bond acceptors (Lipinski definition) is 6. The maximum atomic E-state index is 13.7. The third kappa shape index (κ3) is 4.22. The molecule has 2 aromatic heterocycles. The van der Waals surface area contributed by atoms with Gasteiger partial charge >= 0.3 is 5.97 Å². The van der Waals surface area contributed by atoms with Crippen LogP contribution in [0.25, 0.3) is 10.9 Å². The van der Waals surface area contributed by atoms with Gasteiger partial charge in [0.1, 0.15) is 10.8 Å². The standard InChI is InChI=1S/C21H21FN2O5S2/c1-3-29-21(26)19-13-6-7-31(27,28)10-17(13)30-20(19)24-18(25)9-14-11(2)23-16-5-4-12(22)8-15(14)16/h4-5,8,23H,3,6-7,9-10H2,1-2H3,(H,24,25). The number of nitrogens with one attached hydrogen (secondary N) is 2. The summed E-state index contributed by atoms with van der Waals surface area (Å²) in [5.41, 5.74) is 2.99. The summed E-state index contributed by atoms with van der Waals surface area (Å²) in [7, 11) is -3.24. The van der Waals surface area contributed by atoms with Gasteiger partial charge in [0, 0.05) is 21.5 Å². The predicted molar refractivity (Wildman–Crippen MR) is 117 cm³/mol. The first kappa shape index (κ1) is 21.5. The summed E-state index contributed by atoms with van der Waals surface area (Å²) in [6.45, 7) is 3.65. The number of thiophene rings is 1. The largest absolute Gasteiger partial charge is 0.462 e. The van der Waals surface area contributed by atoms with Crippen LogP contribution in [0, 0.1) is 12.7 Å². The van der Waals surface area contributed by atoms with Crippen LogP contribution in [0.15, 0.2) is 18.2 Å². The average Bonchev–Trinajstić information content (AvgIpc) is 3.17. The molecule has 1 aliphatic heterocycles.